The van der Waals surface area contributed by atoms with E-state index in [-0.39, 0.29) is 34.6 Å². The number of halogens is 1. The molecule has 1 aromatic carbocycles. The summed E-state index contributed by atoms with van der Waals surface area (Å²) in [6.45, 7) is 0.822. The van der Waals surface area contributed by atoms with E-state index in [2.05, 4.69) is 20.3 Å². The number of pyridine rings is 1. The first-order chi connectivity index (χ1) is 15.9. The number of hydrogen-bond acceptors (Lipinski definition) is 8. The van der Waals surface area contributed by atoms with E-state index in [1.165, 1.54) is 24.5 Å². The van der Waals surface area contributed by atoms with Crippen LogP contribution in [0.25, 0.3) is 0 Å². The van der Waals surface area contributed by atoms with Crippen molar-refractivity contribution in [3.8, 4) is 0 Å². The number of rotatable bonds is 7. The summed E-state index contributed by atoms with van der Waals surface area (Å²) < 4.78 is 14.9. The van der Waals surface area contributed by atoms with Crippen molar-refractivity contribution in [1.82, 2.24) is 20.3 Å². The molecule has 0 radical (unpaired) electrons. The van der Waals surface area contributed by atoms with Crippen molar-refractivity contribution in [2.24, 2.45) is 5.73 Å². The molecule has 3 aromatic rings. The molecule has 0 fully saturated rings. The zero-order chi connectivity index (χ0) is 23.4. The minimum Gasteiger partial charge on any atom is -0.385 e. The van der Waals surface area contributed by atoms with Crippen molar-refractivity contribution < 1.29 is 9.18 Å². The van der Waals surface area contributed by atoms with Gasteiger partial charge in [-0.1, -0.05) is 6.07 Å². The lowest BCUT2D eigenvalue weighted by molar-refractivity contribution is 0.0953. The molecule has 33 heavy (non-hydrogen) atoms. The van der Waals surface area contributed by atoms with Crippen molar-refractivity contribution in [3.05, 3.63) is 89.0 Å². The molecule has 6 N–H and O–H groups in total. The number of nitrogens with one attached hydrogen (secondary N) is 2. The molecule has 0 spiro atoms. The zero-order valence-electron chi connectivity index (χ0n) is 17.8. The quantitative estimate of drug-likeness (QED) is 0.406. The average Bonchev–Trinajstić information content (AvgIpc) is 3.20. The summed E-state index contributed by atoms with van der Waals surface area (Å²) in [6.07, 6.45) is 7.43. The first-order valence-corrected chi connectivity index (χ1v) is 10.3. The highest BCUT2D eigenvalue weighted by Gasteiger charge is 2.27. The van der Waals surface area contributed by atoms with Gasteiger partial charge >= 0.3 is 0 Å². The number of anilines is 2. The van der Waals surface area contributed by atoms with Gasteiger partial charge in [0.1, 0.15) is 11.6 Å². The van der Waals surface area contributed by atoms with Gasteiger partial charge in [-0.25, -0.2) is 14.4 Å². The number of aromatic nitrogens is 3. The van der Waals surface area contributed by atoms with E-state index < -0.39 is 5.82 Å². The van der Waals surface area contributed by atoms with Gasteiger partial charge in [0, 0.05) is 54.6 Å². The Kier molecular flexibility index (Phi) is 6.25. The molecule has 0 aliphatic carbocycles. The Bertz CT molecular complexity index is 1210. The molecule has 0 atom stereocenters. The minimum atomic E-state index is -0.568. The predicted octanol–water partition coefficient (Wildman–Crippen LogP) is 2.01. The Morgan fingerprint density at radius 3 is 2.64 bits per heavy atom. The fraction of sp³-hybridized carbons (Fsp3) is 0.174. The van der Waals surface area contributed by atoms with Gasteiger partial charge in [0.2, 0.25) is 5.95 Å². The monoisotopic (exact) mass is 446 g/mol. The summed E-state index contributed by atoms with van der Waals surface area (Å²) in [5.74, 6) is -0.532. The van der Waals surface area contributed by atoms with Crippen LogP contribution in [-0.4, -0.2) is 39.7 Å². The molecule has 3 heterocycles. The Morgan fingerprint density at radius 2 is 1.94 bits per heavy atom. The Morgan fingerprint density at radius 1 is 1.15 bits per heavy atom. The summed E-state index contributed by atoms with van der Waals surface area (Å²) in [5.41, 5.74) is 14.4. The lowest BCUT2D eigenvalue weighted by atomic mass is 10.0. The van der Waals surface area contributed by atoms with Gasteiger partial charge in [-0.15, -0.1) is 0 Å². The number of carbonyl (C=O) groups excluding carboxylic acids is 1. The largest absolute Gasteiger partial charge is 0.385 e. The van der Waals surface area contributed by atoms with Crippen LogP contribution in [0, 0.1) is 11.2 Å². The van der Waals surface area contributed by atoms with E-state index in [1.54, 1.807) is 23.4 Å². The van der Waals surface area contributed by atoms with Crippen LogP contribution in [0.15, 0.2) is 66.5 Å². The Balaban J connectivity index is 1.44. The van der Waals surface area contributed by atoms with Crippen molar-refractivity contribution in [2.75, 3.05) is 23.7 Å². The third kappa shape index (κ3) is 4.79. The van der Waals surface area contributed by atoms with E-state index in [4.69, 9.17) is 16.9 Å². The maximum atomic E-state index is 14.9. The van der Waals surface area contributed by atoms with Crippen LogP contribution in [0.4, 0.5) is 16.0 Å². The number of carbonyl (C=O) groups is 1. The van der Waals surface area contributed by atoms with E-state index in [0.29, 0.717) is 37.1 Å². The third-order valence-electron chi connectivity index (χ3n) is 5.37. The SMILES string of the molecule is N=C(C1=C(N)N(c2ccc(C(=O)NCCc3cccnc3)cc2F)CC1)c1cnc(N)nc1. The van der Waals surface area contributed by atoms with Crippen LogP contribution in [0.3, 0.4) is 0 Å². The highest BCUT2D eigenvalue weighted by atomic mass is 19.1. The molecule has 1 amide bonds. The molecular formula is C23H23FN8O. The average molecular weight is 446 g/mol. The van der Waals surface area contributed by atoms with Gasteiger partial charge in [0.25, 0.3) is 5.91 Å². The molecule has 1 aliphatic heterocycles. The Labute approximate surface area is 189 Å². The van der Waals surface area contributed by atoms with Crippen LogP contribution in [0.5, 0.6) is 0 Å². The van der Waals surface area contributed by atoms with Crippen molar-refractivity contribution in [2.45, 2.75) is 12.8 Å². The van der Waals surface area contributed by atoms with Gasteiger partial charge in [-0.3, -0.25) is 15.2 Å². The van der Waals surface area contributed by atoms with Crippen LogP contribution in [0.2, 0.25) is 0 Å². The van der Waals surface area contributed by atoms with Crippen molar-refractivity contribution in [3.63, 3.8) is 0 Å². The second-order valence-corrected chi connectivity index (χ2v) is 7.50. The topological polar surface area (TPSA) is 147 Å². The fourth-order valence-corrected chi connectivity index (χ4v) is 3.62. The molecular weight excluding hydrogens is 423 g/mol. The normalized spacial score (nSPS) is 13.3. The zero-order valence-corrected chi connectivity index (χ0v) is 17.8. The fourth-order valence-electron chi connectivity index (χ4n) is 3.62. The van der Waals surface area contributed by atoms with E-state index >= 15 is 0 Å². The molecule has 9 nitrogen and oxygen atoms in total. The number of nitrogens with zero attached hydrogens (tertiary/aromatic N) is 4. The lowest BCUT2D eigenvalue weighted by Gasteiger charge is -2.21. The maximum Gasteiger partial charge on any atom is 0.251 e. The van der Waals surface area contributed by atoms with Crippen molar-refractivity contribution in [1.29, 1.82) is 5.41 Å². The molecule has 0 saturated heterocycles. The van der Waals surface area contributed by atoms with E-state index in [1.807, 2.05) is 12.1 Å². The van der Waals surface area contributed by atoms with Gasteiger partial charge < -0.3 is 21.7 Å². The van der Waals surface area contributed by atoms with Gasteiger partial charge in [0.05, 0.1) is 11.4 Å². The van der Waals surface area contributed by atoms with Crippen LogP contribution in [-0.2, 0) is 6.42 Å². The van der Waals surface area contributed by atoms with Gasteiger partial charge in [0.15, 0.2) is 0 Å². The van der Waals surface area contributed by atoms with Crippen LogP contribution in [0.1, 0.15) is 27.9 Å². The van der Waals surface area contributed by atoms with Gasteiger partial charge in [-0.05, 0) is 42.7 Å². The lowest BCUT2D eigenvalue weighted by Crippen LogP contribution is -2.27. The van der Waals surface area contributed by atoms with Crippen LogP contribution < -0.4 is 21.7 Å². The third-order valence-corrected chi connectivity index (χ3v) is 5.37. The molecule has 2 aromatic heterocycles. The first-order valence-electron chi connectivity index (χ1n) is 10.3. The molecule has 1 aliphatic rings. The molecule has 0 bridgehead atoms. The van der Waals surface area contributed by atoms with Crippen LogP contribution >= 0.6 is 0 Å². The minimum absolute atomic E-state index is 0.116. The highest BCUT2D eigenvalue weighted by Crippen LogP contribution is 2.30. The second kappa shape index (κ2) is 9.43. The maximum absolute atomic E-state index is 14.9. The van der Waals surface area contributed by atoms with E-state index in [0.717, 1.165) is 5.56 Å². The number of hydrogen-bond donors (Lipinski definition) is 4. The molecule has 10 heteroatoms. The van der Waals surface area contributed by atoms with E-state index in [9.17, 15) is 9.18 Å². The standard InChI is InChI=1S/C23H23FN8O/c24-18-10-15(22(33)29-8-5-14-2-1-7-28-11-14)3-4-19(18)32-9-6-17(21(32)26)20(25)16-12-30-23(27)31-13-16/h1-4,7,10-13,25H,5-6,8-9,26H2,(H,29,33)(H2,27,30,31). The number of amides is 1. The summed E-state index contributed by atoms with van der Waals surface area (Å²) in [7, 11) is 0. The summed E-state index contributed by atoms with van der Waals surface area (Å²) in [5, 5.41) is 11.2. The smallest absolute Gasteiger partial charge is 0.251 e. The molecule has 168 valence electrons. The number of nitrogens with two attached hydrogens (primary N) is 2. The molecule has 0 saturated carbocycles. The van der Waals surface area contributed by atoms with Crippen molar-refractivity contribution >= 4 is 23.3 Å². The van der Waals surface area contributed by atoms with Gasteiger partial charge in [-0.2, -0.15) is 0 Å². The second-order valence-electron chi connectivity index (χ2n) is 7.50. The molecule has 4 rings (SSSR count). The summed E-state index contributed by atoms with van der Waals surface area (Å²) in [4.78, 5) is 25.9. The highest BCUT2D eigenvalue weighted by molar-refractivity contribution is 6.11. The Hall–Kier alpha value is -4.34. The number of nitrogen functional groups attached to an aromatic ring is 1. The number of benzene rings is 1. The first kappa shape index (κ1) is 21.9. The summed E-state index contributed by atoms with van der Waals surface area (Å²) >= 11 is 0. The summed E-state index contributed by atoms with van der Waals surface area (Å²) in [6, 6.07) is 8.04. The molecule has 0 unspecified atom stereocenters. The predicted molar refractivity (Wildman–Crippen MR) is 123 cm³/mol.